The first kappa shape index (κ1) is 36.2. The van der Waals surface area contributed by atoms with Gasteiger partial charge in [-0.15, -0.1) is 0 Å². The van der Waals surface area contributed by atoms with Crippen molar-refractivity contribution in [1.82, 2.24) is 0 Å². The van der Waals surface area contributed by atoms with Crippen LogP contribution in [0.4, 0.5) is 34.1 Å². The van der Waals surface area contributed by atoms with Gasteiger partial charge in [0.05, 0.1) is 9.80 Å². The monoisotopic (exact) mass is 821 g/mol. The Balaban J connectivity index is 1.01. The lowest BCUT2D eigenvalue weighted by atomic mass is 9.96. The third kappa shape index (κ3) is 8.41. The topological polar surface area (TPSA) is 6.48 Å². The van der Waals surface area contributed by atoms with E-state index in [1.165, 1.54) is 11.1 Å². The number of benzene rings is 10. The number of nitrogens with zero attached hydrogens (tertiary/aromatic N) is 2. The first-order valence-corrected chi connectivity index (χ1v) is 21.6. The van der Waals surface area contributed by atoms with Gasteiger partial charge < -0.3 is 9.80 Å². The molecule has 0 heterocycles. The molecule has 64 heavy (non-hydrogen) atoms. The van der Waals surface area contributed by atoms with Crippen LogP contribution in [0.5, 0.6) is 0 Å². The maximum atomic E-state index is 8.22. The van der Waals surface area contributed by atoms with E-state index in [9.17, 15) is 0 Å². The number of hydrogen-bond acceptors (Lipinski definition) is 2. The minimum atomic E-state index is -0.510. The van der Waals surface area contributed by atoms with E-state index in [0.29, 0.717) is 5.56 Å². The summed E-state index contributed by atoms with van der Waals surface area (Å²) in [5.41, 5.74) is 18.0. The smallest absolute Gasteiger partial charge is 0.0623 e. The van der Waals surface area contributed by atoms with Crippen LogP contribution in [0, 0.1) is 0 Å². The summed E-state index contributed by atoms with van der Waals surface area (Å²) in [4.78, 5) is 4.55. The molecule has 0 unspecified atom stereocenters. The fraction of sp³-hybridized carbons (Fsp3) is 0. The Labute approximate surface area is 381 Å². The summed E-state index contributed by atoms with van der Waals surface area (Å²) in [6, 6.07) is 91.1. The van der Waals surface area contributed by atoms with Crippen LogP contribution in [0.1, 0.15) is 9.68 Å². The summed E-state index contributed by atoms with van der Waals surface area (Å²) in [6.45, 7) is -0.510. The predicted molar refractivity (Wildman–Crippen MR) is 273 cm³/mol. The van der Waals surface area contributed by atoms with Gasteiger partial charge in [-0.3, -0.25) is 0 Å². The van der Waals surface area contributed by atoms with Crippen LogP contribution >= 0.6 is 0 Å². The van der Waals surface area contributed by atoms with E-state index in [2.05, 4.69) is 222 Å². The fourth-order valence-corrected chi connectivity index (χ4v) is 8.43. The molecule has 0 aliphatic rings. The van der Waals surface area contributed by atoms with Gasteiger partial charge in [0.25, 0.3) is 0 Å². The zero-order chi connectivity index (χ0) is 45.5. The summed E-state index contributed by atoms with van der Waals surface area (Å²) in [5, 5.41) is 0. The highest BCUT2D eigenvalue weighted by Crippen LogP contribution is 2.44. The molecular formula is C62H46N2. The molecule has 0 amide bonds. The van der Waals surface area contributed by atoms with Gasteiger partial charge in [0.15, 0.2) is 0 Å². The highest BCUT2D eigenvalue weighted by Gasteiger charge is 2.19. The van der Waals surface area contributed by atoms with E-state index in [0.717, 1.165) is 78.6 Å². The molecule has 0 N–H and O–H groups in total. The minimum Gasteiger partial charge on any atom is -0.311 e. The van der Waals surface area contributed by atoms with Crippen molar-refractivity contribution in [2.45, 2.75) is 0 Å². The molecule has 10 rings (SSSR count). The van der Waals surface area contributed by atoms with Gasteiger partial charge in [-0.2, -0.15) is 0 Å². The van der Waals surface area contributed by atoms with E-state index in [4.69, 9.17) is 4.11 Å². The van der Waals surface area contributed by atoms with Crippen molar-refractivity contribution in [2.75, 3.05) is 9.80 Å². The van der Waals surface area contributed by atoms with E-state index in [1.807, 2.05) is 48.5 Å². The molecule has 304 valence electrons. The average molecular weight is 822 g/mol. The third-order valence-corrected chi connectivity index (χ3v) is 11.7. The normalized spacial score (nSPS) is 11.5. The van der Waals surface area contributed by atoms with Gasteiger partial charge in [-0.1, -0.05) is 201 Å². The first-order chi connectivity index (χ1) is 33.0. The van der Waals surface area contributed by atoms with Gasteiger partial charge >= 0.3 is 0 Å². The van der Waals surface area contributed by atoms with Gasteiger partial charge in [-0.25, -0.2) is 0 Å². The minimum absolute atomic E-state index is 0.109. The maximum Gasteiger partial charge on any atom is 0.0623 e. The Morgan fingerprint density at radius 2 is 0.594 bits per heavy atom. The standard InChI is InChI=1S/C62H46N2/c1-2-46-23-34-56(35-24-46)63(57-36-25-50(26-37-57)47-15-7-3-8-16-47)58-38-27-52(28-39-58)53-31-42-60(43-32-53)64(59-40-29-51(30-41-59)48-17-9-4-10-18-48)62-44-33-55(49-19-11-5-12-20-49)45-61(62)54-21-13-6-14-22-54/h2-45H,1H2/i1D2,2D. The van der Waals surface area contributed by atoms with Crippen LogP contribution in [0.3, 0.4) is 0 Å². The van der Waals surface area contributed by atoms with Gasteiger partial charge in [0.2, 0.25) is 0 Å². The Morgan fingerprint density at radius 3 is 0.969 bits per heavy atom. The molecule has 10 aromatic rings. The number of hydrogen-bond donors (Lipinski definition) is 0. The highest BCUT2D eigenvalue weighted by atomic mass is 15.1. The van der Waals surface area contributed by atoms with Gasteiger partial charge in [-0.05, 0) is 128 Å². The van der Waals surface area contributed by atoms with Crippen LogP contribution in [0.15, 0.2) is 267 Å². The molecule has 10 aromatic carbocycles. The van der Waals surface area contributed by atoms with Crippen molar-refractivity contribution >= 4 is 40.2 Å². The summed E-state index contributed by atoms with van der Waals surface area (Å²) >= 11 is 0. The van der Waals surface area contributed by atoms with Crippen molar-refractivity contribution < 1.29 is 4.11 Å². The van der Waals surface area contributed by atoms with Crippen LogP contribution < -0.4 is 9.80 Å². The lowest BCUT2D eigenvalue weighted by Gasteiger charge is -2.29. The molecule has 0 aromatic heterocycles. The molecule has 2 heteroatoms. The Hall–Kier alpha value is -8.46. The zero-order valence-electron chi connectivity index (χ0n) is 38.2. The average Bonchev–Trinajstić information content (AvgIpc) is 3.41. The molecule has 0 atom stereocenters. The largest absolute Gasteiger partial charge is 0.311 e. The van der Waals surface area contributed by atoms with Crippen molar-refractivity contribution in [3.63, 3.8) is 0 Å². The van der Waals surface area contributed by atoms with Crippen LogP contribution in [-0.2, 0) is 0 Å². The van der Waals surface area contributed by atoms with E-state index >= 15 is 0 Å². The number of rotatable bonds is 12. The van der Waals surface area contributed by atoms with Crippen LogP contribution in [0.25, 0.3) is 61.7 Å². The van der Waals surface area contributed by atoms with Crippen molar-refractivity contribution in [3.05, 3.63) is 273 Å². The second kappa shape index (κ2) is 18.3. The molecular weight excluding hydrogens is 773 g/mol. The quantitative estimate of drug-likeness (QED) is 0.121. The Morgan fingerprint density at radius 1 is 0.297 bits per heavy atom. The lowest BCUT2D eigenvalue weighted by Crippen LogP contribution is -2.11. The summed E-state index contributed by atoms with van der Waals surface area (Å²) in [5.74, 6) is 0. The Kier molecular flexibility index (Phi) is 10.3. The van der Waals surface area contributed by atoms with Crippen molar-refractivity contribution in [1.29, 1.82) is 0 Å². The Bertz CT molecular complexity index is 3240. The molecule has 2 nitrogen and oxygen atoms in total. The number of anilines is 6. The van der Waals surface area contributed by atoms with Crippen LogP contribution in [0.2, 0.25) is 0 Å². The van der Waals surface area contributed by atoms with E-state index in [-0.39, 0.29) is 6.05 Å². The molecule has 0 spiro atoms. The SMILES string of the molecule is [2H]C([2H])=C([2H])c1ccc(N(c2ccc(-c3ccccc3)cc2)c2ccc(-c3ccc(N(c4ccc(-c5ccccc5)cc4)c4ccc(-c5ccccc5)cc4-c4ccccc4)cc3)cc2)cc1. The van der Waals surface area contributed by atoms with Gasteiger partial charge in [0.1, 0.15) is 0 Å². The maximum absolute atomic E-state index is 8.22. The lowest BCUT2D eigenvalue weighted by molar-refractivity contribution is 1.28. The highest BCUT2D eigenvalue weighted by molar-refractivity contribution is 5.91. The summed E-state index contributed by atoms with van der Waals surface area (Å²) in [7, 11) is 0. The molecule has 0 aliphatic heterocycles. The molecule has 0 saturated carbocycles. The molecule has 0 fully saturated rings. The van der Waals surface area contributed by atoms with Gasteiger partial charge in [0, 0.05) is 34.0 Å². The predicted octanol–water partition coefficient (Wildman–Crippen LogP) is 17.6. The van der Waals surface area contributed by atoms with Crippen molar-refractivity contribution in [3.8, 4) is 55.6 Å². The van der Waals surface area contributed by atoms with Crippen molar-refractivity contribution in [2.24, 2.45) is 0 Å². The second-order valence-electron chi connectivity index (χ2n) is 15.7. The molecule has 0 radical (unpaired) electrons. The van der Waals surface area contributed by atoms with E-state index in [1.54, 1.807) is 0 Å². The fourth-order valence-electron chi connectivity index (χ4n) is 8.43. The van der Waals surface area contributed by atoms with Crippen LogP contribution in [-0.4, -0.2) is 0 Å². The molecule has 0 bridgehead atoms. The summed E-state index contributed by atoms with van der Waals surface area (Å²) in [6.07, 6.45) is 0. The zero-order valence-corrected chi connectivity index (χ0v) is 35.2. The third-order valence-electron chi connectivity index (χ3n) is 11.7. The molecule has 0 saturated heterocycles. The molecule has 0 aliphatic carbocycles. The second-order valence-corrected chi connectivity index (χ2v) is 15.7. The van der Waals surface area contributed by atoms with E-state index < -0.39 is 6.53 Å². The first-order valence-electron chi connectivity index (χ1n) is 23.1. The summed E-state index contributed by atoms with van der Waals surface area (Å²) < 4.78 is 23.6.